The van der Waals surface area contributed by atoms with Gasteiger partial charge in [-0.05, 0) is 31.0 Å². The van der Waals surface area contributed by atoms with Gasteiger partial charge in [-0.15, -0.1) is 0 Å². The maximum atomic E-state index is 12.8. The summed E-state index contributed by atoms with van der Waals surface area (Å²) in [6.07, 6.45) is 3.05. The zero-order valence-corrected chi connectivity index (χ0v) is 15.0. The second-order valence-corrected chi connectivity index (χ2v) is 7.71. The Labute approximate surface area is 146 Å². The number of sulfonamides is 1. The molecule has 0 radical (unpaired) electrons. The van der Waals surface area contributed by atoms with Gasteiger partial charge in [-0.1, -0.05) is 12.8 Å². The van der Waals surface area contributed by atoms with E-state index in [0.717, 1.165) is 12.8 Å². The zero-order valence-electron chi connectivity index (χ0n) is 14.2. The zero-order chi connectivity index (χ0) is 18.7. The van der Waals surface area contributed by atoms with Crippen molar-refractivity contribution in [2.45, 2.75) is 36.1 Å². The van der Waals surface area contributed by atoms with Crippen molar-refractivity contribution < 1.29 is 27.5 Å². The minimum Gasteiger partial charge on any atom is -0.465 e. The maximum absolute atomic E-state index is 12.8. The first-order chi connectivity index (χ1) is 11.8. The molecule has 0 unspecified atom stereocenters. The van der Waals surface area contributed by atoms with Gasteiger partial charge in [0.2, 0.25) is 10.0 Å². The van der Waals surface area contributed by atoms with Crippen LogP contribution in [0, 0.1) is 0 Å². The van der Waals surface area contributed by atoms with Crippen LogP contribution in [0.4, 0.5) is 0 Å². The van der Waals surface area contributed by atoms with E-state index in [1.54, 1.807) is 0 Å². The highest BCUT2D eigenvalue weighted by Gasteiger charge is 2.37. The molecule has 0 saturated heterocycles. The summed E-state index contributed by atoms with van der Waals surface area (Å²) in [5.41, 5.74) is 4.96. The fourth-order valence-corrected chi connectivity index (χ4v) is 4.51. The molecule has 1 fully saturated rings. The van der Waals surface area contributed by atoms with Crippen LogP contribution in [0.5, 0.6) is 0 Å². The molecule has 1 saturated carbocycles. The molecule has 0 bridgehead atoms. The first-order valence-corrected chi connectivity index (χ1v) is 9.31. The second-order valence-electron chi connectivity index (χ2n) is 6.03. The van der Waals surface area contributed by atoms with Crippen LogP contribution in [-0.2, 0) is 19.5 Å². The standard InChI is InChI=1S/C16H22N2O6S/c1-23-14(19)11-7-12(15(20)24-2)9-13(8-11)25(21,22)18-16(10-17)5-3-4-6-16/h7-9,18H,3-6,10,17H2,1-2H3. The highest BCUT2D eigenvalue weighted by molar-refractivity contribution is 7.89. The number of carbonyl (C=O) groups is 2. The molecule has 1 aliphatic rings. The van der Waals surface area contributed by atoms with E-state index in [1.807, 2.05) is 0 Å². The molecule has 0 aromatic heterocycles. The van der Waals surface area contributed by atoms with E-state index in [2.05, 4.69) is 14.2 Å². The van der Waals surface area contributed by atoms with Gasteiger partial charge >= 0.3 is 11.9 Å². The molecule has 1 aromatic rings. The van der Waals surface area contributed by atoms with Gasteiger partial charge in [0.05, 0.1) is 30.2 Å². The van der Waals surface area contributed by atoms with E-state index >= 15 is 0 Å². The monoisotopic (exact) mass is 370 g/mol. The van der Waals surface area contributed by atoms with Crippen LogP contribution in [0.25, 0.3) is 0 Å². The van der Waals surface area contributed by atoms with E-state index < -0.39 is 27.5 Å². The molecule has 0 heterocycles. The number of nitrogens with one attached hydrogen (secondary N) is 1. The third-order valence-corrected chi connectivity index (χ3v) is 5.92. The number of hydrogen-bond acceptors (Lipinski definition) is 7. The van der Waals surface area contributed by atoms with Crippen LogP contribution in [0.15, 0.2) is 23.1 Å². The molecular formula is C16H22N2O6S. The van der Waals surface area contributed by atoms with Gasteiger partial charge in [0.25, 0.3) is 0 Å². The number of hydrogen-bond donors (Lipinski definition) is 2. The molecule has 0 amide bonds. The minimum atomic E-state index is -3.99. The molecule has 1 aliphatic carbocycles. The largest absolute Gasteiger partial charge is 0.465 e. The number of ether oxygens (including phenoxy) is 2. The third kappa shape index (κ3) is 4.17. The SMILES string of the molecule is COC(=O)c1cc(C(=O)OC)cc(S(=O)(=O)NC2(CN)CCCC2)c1. The van der Waals surface area contributed by atoms with Gasteiger partial charge in [-0.2, -0.15) is 0 Å². The predicted octanol–water partition coefficient (Wildman–Crippen LogP) is 0.810. The molecule has 2 rings (SSSR count). The van der Waals surface area contributed by atoms with Gasteiger partial charge in [0.15, 0.2) is 0 Å². The van der Waals surface area contributed by atoms with Crippen molar-refractivity contribution in [2.75, 3.05) is 20.8 Å². The molecule has 0 aliphatic heterocycles. The van der Waals surface area contributed by atoms with Gasteiger partial charge < -0.3 is 15.2 Å². The van der Waals surface area contributed by atoms with E-state index in [-0.39, 0.29) is 22.6 Å². The first-order valence-electron chi connectivity index (χ1n) is 7.83. The molecule has 25 heavy (non-hydrogen) atoms. The summed E-state index contributed by atoms with van der Waals surface area (Å²) >= 11 is 0. The summed E-state index contributed by atoms with van der Waals surface area (Å²) in [5.74, 6) is -1.51. The topological polar surface area (TPSA) is 125 Å². The normalized spacial score (nSPS) is 16.4. The average Bonchev–Trinajstić information content (AvgIpc) is 3.08. The Bertz CT molecular complexity index is 735. The number of nitrogens with two attached hydrogens (primary N) is 1. The third-order valence-electron chi connectivity index (χ3n) is 4.36. The highest BCUT2D eigenvalue weighted by Crippen LogP contribution is 2.30. The van der Waals surface area contributed by atoms with Crippen LogP contribution >= 0.6 is 0 Å². The lowest BCUT2D eigenvalue weighted by Crippen LogP contribution is -2.51. The second kappa shape index (κ2) is 7.51. The first kappa shape index (κ1) is 19.4. The fourth-order valence-electron chi connectivity index (χ4n) is 2.97. The van der Waals surface area contributed by atoms with Crippen molar-refractivity contribution in [1.29, 1.82) is 0 Å². The van der Waals surface area contributed by atoms with Crippen LogP contribution < -0.4 is 10.5 Å². The predicted molar refractivity (Wildman–Crippen MR) is 89.7 cm³/mol. The maximum Gasteiger partial charge on any atom is 0.337 e. The minimum absolute atomic E-state index is 0.0565. The highest BCUT2D eigenvalue weighted by atomic mass is 32.2. The lowest BCUT2D eigenvalue weighted by Gasteiger charge is -2.28. The lowest BCUT2D eigenvalue weighted by molar-refractivity contribution is 0.0598. The summed E-state index contributed by atoms with van der Waals surface area (Å²) in [6, 6.07) is 3.56. The molecule has 9 heteroatoms. The Hall–Kier alpha value is -1.97. The van der Waals surface area contributed by atoms with Gasteiger partial charge in [-0.3, -0.25) is 0 Å². The number of esters is 2. The molecule has 8 nitrogen and oxygen atoms in total. The summed E-state index contributed by atoms with van der Waals surface area (Å²) in [6.45, 7) is 0.173. The van der Waals surface area contributed by atoms with Crippen molar-refractivity contribution in [3.63, 3.8) is 0 Å². The van der Waals surface area contributed by atoms with E-state index in [1.165, 1.54) is 32.4 Å². The van der Waals surface area contributed by atoms with Crippen LogP contribution in [0.1, 0.15) is 46.4 Å². The van der Waals surface area contributed by atoms with E-state index in [9.17, 15) is 18.0 Å². The van der Waals surface area contributed by atoms with Crippen LogP contribution in [0.3, 0.4) is 0 Å². The Balaban J connectivity index is 2.48. The van der Waals surface area contributed by atoms with E-state index in [0.29, 0.717) is 12.8 Å². The van der Waals surface area contributed by atoms with Crippen molar-refractivity contribution in [3.05, 3.63) is 29.3 Å². The average molecular weight is 370 g/mol. The smallest absolute Gasteiger partial charge is 0.337 e. The molecule has 0 atom stereocenters. The van der Waals surface area contributed by atoms with Crippen molar-refractivity contribution >= 4 is 22.0 Å². The summed E-state index contributed by atoms with van der Waals surface area (Å²) in [5, 5.41) is 0. The quantitative estimate of drug-likeness (QED) is 0.710. The van der Waals surface area contributed by atoms with Crippen LogP contribution in [-0.4, -0.2) is 46.7 Å². The summed E-state index contributed by atoms with van der Waals surface area (Å²) in [4.78, 5) is 23.4. The molecule has 138 valence electrons. The lowest BCUT2D eigenvalue weighted by atomic mass is 10.0. The van der Waals surface area contributed by atoms with Gasteiger partial charge in [0, 0.05) is 12.1 Å². The van der Waals surface area contributed by atoms with Crippen molar-refractivity contribution in [3.8, 4) is 0 Å². The Morgan fingerprint density at radius 1 is 1.08 bits per heavy atom. The van der Waals surface area contributed by atoms with E-state index in [4.69, 9.17) is 5.73 Å². The number of carbonyl (C=O) groups excluding carboxylic acids is 2. The summed E-state index contributed by atoms with van der Waals surface area (Å²) in [7, 11) is -1.65. The van der Waals surface area contributed by atoms with Crippen molar-refractivity contribution in [1.82, 2.24) is 4.72 Å². The molecule has 1 aromatic carbocycles. The van der Waals surface area contributed by atoms with Gasteiger partial charge in [-0.25, -0.2) is 22.7 Å². The number of benzene rings is 1. The van der Waals surface area contributed by atoms with Gasteiger partial charge in [0.1, 0.15) is 0 Å². The summed E-state index contributed by atoms with van der Waals surface area (Å²) < 4.78 is 37.5. The Kier molecular flexibility index (Phi) is 5.81. The molecule has 0 spiro atoms. The Morgan fingerprint density at radius 3 is 1.96 bits per heavy atom. The number of methoxy groups -OCH3 is 2. The Morgan fingerprint density at radius 2 is 1.56 bits per heavy atom. The molecule has 3 N–H and O–H groups in total. The fraction of sp³-hybridized carbons (Fsp3) is 0.500. The van der Waals surface area contributed by atoms with Crippen molar-refractivity contribution in [2.24, 2.45) is 5.73 Å². The van der Waals surface area contributed by atoms with Crippen LogP contribution in [0.2, 0.25) is 0 Å². The molecular weight excluding hydrogens is 348 g/mol. The number of rotatable bonds is 6.